The lowest BCUT2D eigenvalue weighted by atomic mass is 10.1. The Bertz CT molecular complexity index is 297. The van der Waals surface area contributed by atoms with Gasteiger partial charge in [0.2, 0.25) is 0 Å². The van der Waals surface area contributed by atoms with Crippen LogP contribution in [0.5, 0.6) is 0 Å². The van der Waals surface area contributed by atoms with Gasteiger partial charge >= 0.3 is 5.97 Å². The molecule has 1 aromatic carbocycles. The van der Waals surface area contributed by atoms with E-state index in [0.717, 1.165) is 11.1 Å². The summed E-state index contributed by atoms with van der Waals surface area (Å²) in [7, 11) is 0. The first kappa shape index (κ1) is 9.74. The Morgan fingerprint density at radius 1 is 1.46 bits per heavy atom. The van der Waals surface area contributed by atoms with Crippen molar-refractivity contribution >= 4 is 5.97 Å². The third kappa shape index (κ3) is 3.25. The predicted octanol–water partition coefficient (Wildman–Crippen LogP) is 1.21. The maximum atomic E-state index is 10.5. The van der Waals surface area contributed by atoms with Crippen LogP contribution in [0.3, 0.4) is 0 Å². The number of hydrogen-bond donors (Lipinski definition) is 1. The molecule has 13 heavy (non-hydrogen) atoms. The van der Waals surface area contributed by atoms with Crippen molar-refractivity contribution in [2.45, 2.75) is 20.1 Å². The van der Waals surface area contributed by atoms with Crippen LogP contribution in [0.1, 0.15) is 18.1 Å². The van der Waals surface area contributed by atoms with Gasteiger partial charge in [-0.1, -0.05) is 24.3 Å². The van der Waals surface area contributed by atoms with Gasteiger partial charge < -0.3 is 10.5 Å². The van der Waals surface area contributed by atoms with Gasteiger partial charge in [-0.3, -0.25) is 4.79 Å². The summed E-state index contributed by atoms with van der Waals surface area (Å²) in [6.45, 7) is 2.23. The lowest BCUT2D eigenvalue weighted by Crippen LogP contribution is -2.01. The first-order valence-corrected chi connectivity index (χ1v) is 4.13. The quantitative estimate of drug-likeness (QED) is 0.709. The summed E-state index contributed by atoms with van der Waals surface area (Å²) >= 11 is 0. The molecule has 0 radical (unpaired) electrons. The van der Waals surface area contributed by atoms with Crippen LogP contribution in [0.2, 0.25) is 0 Å². The van der Waals surface area contributed by atoms with Crippen molar-refractivity contribution in [3.63, 3.8) is 0 Å². The Labute approximate surface area is 77.5 Å². The van der Waals surface area contributed by atoms with E-state index in [-0.39, 0.29) is 5.97 Å². The molecule has 0 heterocycles. The van der Waals surface area contributed by atoms with Gasteiger partial charge in [0.25, 0.3) is 0 Å². The van der Waals surface area contributed by atoms with Gasteiger partial charge in [0.1, 0.15) is 6.61 Å². The van der Waals surface area contributed by atoms with Gasteiger partial charge in [-0.25, -0.2) is 0 Å². The molecule has 0 unspecified atom stereocenters. The Hall–Kier alpha value is -1.35. The van der Waals surface area contributed by atoms with Gasteiger partial charge in [-0.2, -0.15) is 0 Å². The van der Waals surface area contributed by atoms with E-state index >= 15 is 0 Å². The second-order valence-electron chi connectivity index (χ2n) is 2.80. The van der Waals surface area contributed by atoms with Crippen molar-refractivity contribution in [1.82, 2.24) is 0 Å². The molecule has 1 aromatic rings. The highest BCUT2D eigenvalue weighted by Crippen LogP contribution is 2.05. The van der Waals surface area contributed by atoms with Crippen molar-refractivity contribution < 1.29 is 9.53 Å². The predicted molar refractivity (Wildman–Crippen MR) is 49.8 cm³/mol. The van der Waals surface area contributed by atoms with Crippen LogP contribution in [0.25, 0.3) is 0 Å². The van der Waals surface area contributed by atoms with E-state index in [1.807, 2.05) is 24.3 Å². The first-order valence-electron chi connectivity index (χ1n) is 4.13. The van der Waals surface area contributed by atoms with Crippen LogP contribution in [-0.4, -0.2) is 5.97 Å². The number of rotatable bonds is 3. The van der Waals surface area contributed by atoms with Gasteiger partial charge in [0, 0.05) is 13.5 Å². The molecule has 3 heteroatoms. The van der Waals surface area contributed by atoms with Crippen LogP contribution in [0, 0.1) is 0 Å². The molecule has 1 rings (SSSR count). The molecule has 0 spiro atoms. The smallest absolute Gasteiger partial charge is 0.302 e. The number of carbonyl (C=O) groups excluding carboxylic acids is 1. The monoisotopic (exact) mass is 179 g/mol. The van der Waals surface area contributed by atoms with Crippen LogP contribution in [0.4, 0.5) is 0 Å². The molecule has 0 aliphatic heterocycles. The molecule has 70 valence electrons. The molecule has 0 aliphatic carbocycles. The van der Waals surface area contributed by atoms with Gasteiger partial charge in [0.05, 0.1) is 0 Å². The molecule has 0 fully saturated rings. The Morgan fingerprint density at radius 2 is 2.15 bits per heavy atom. The molecule has 0 saturated carbocycles. The maximum absolute atomic E-state index is 10.5. The van der Waals surface area contributed by atoms with Crippen molar-refractivity contribution in [2.24, 2.45) is 5.73 Å². The summed E-state index contributed by atoms with van der Waals surface area (Å²) in [5, 5.41) is 0. The highest BCUT2D eigenvalue weighted by molar-refractivity contribution is 5.65. The lowest BCUT2D eigenvalue weighted by Gasteiger charge is -2.03. The third-order valence-corrected chi connectivity index (χ3v) is 1.67. The third-order valence-electron chi connectivity index (χ3n) is 1.67. The fourth-order valence-corrected chi connectivity index (χ4v) is 1.03. The van der Waals surface area contributed by atoms with E-state index in [1.165, 1.54) is 6.92 Å². The summed E-state index contributed by atoms with van der Waals surface area (Å²) < 4.78 is 4.85. The Morgan fingerprint density at radius 3 is 2.77 bits per heavy atom. The van der Waals surface area contributed by atoms with E-state index in [0.29, 0.717) is 13.2 Å². The molecular formula is C10H13NO2. The minimum atomic E-state index is -0.266. The molecule has 2 N–H and O–H groups in total. The topological polar surface area (TPSA) is 52.3 Å². The number of nitrogens with two attached hydrogens (primary N) is 1. The van der Waals surface area contributed by atoms with Crippen LogP contribution >= 0.6 is 0 Å². The zero-order chi connectivity index (χ0) is 9.68. The molecule has 3 nitrogen and oxygen atoms in total. The molecule has 0 aliphatic rings. The Kier molecular flexibility index (Phi) is 3.46. The molecular weight excluding hydrogens is 166 g/mol. The van der Waals surface area contributed by atoms with Gasteiger partial charge in [-0.05, 0) is 11.1 Å². The molecule has 0 aromatic heterocycles. The zero-order valence-electron chi connectivity index (χ0n) is 7.62. The average Bonchev–Trinajstić information content (AvgIpc) is 2.15. The van der Waals surface area contributed by atoms with Crippen LogP contribution in [0.15, 0.2) is 24.3 Å². The minimum absolute atomic E-state index is 0.266. The molecule has 0 atom stereocenters. The highest BCUT2D eigenvalue weighted by Gasteiger charge is 1.96. The van der Waals surface area contributed by atoms with Gasteiger partial charge in [0.15, 0.2) is 0 Å². The van der Waals surface area contributed by atoms with Crippen LogP contribution in [-0.2, 0) is 22.7 Å². The van der Waals surface area contributed by atoms with Gasteiger partial charge in [-0.15, -0.1) is 0 Å². The SMILES string of the molecule is CC(=O)OCc1cccc(CN)c1. The summed E-state index contributed by atoms with van der Waals surface area (Å²) in [6.07, 6.45) is 0. The average molecular weight is 179 g/mol. The normalized spacial score (nSPS) is 9.69. The van der Waals surface area contributed by atoms with E-state index in [2.05, 4.69) is 0 Å². The highest BCUT2D eigenvalue weighted by atomic mass is 16.5. The van der Waals surface area contributed by atoms with Crippen LogP contribution < -0.4 is 5.73 Å². The van der Waals surface area contributed by atoms with E-state index in [1.54, 1.807) is 0 Å². The Balaban J connectivity index is 2.61. The number of esters is 1. The van der Waals surface area contributed by atoms with Crippen molar-refractivity contribution in [1.29, 1.82) is 0 Å². The maximum Gasteiger partial charge on any atom is 0.302 e. The van der Waals surface area contributed by atoms with Crippen molar-refractivity contribution in [3.05, 3.63) is 35.4 Å². The van der Waals surface area contributed by atoms with E-state index in [4.69, 9.17) is 10.5 Å². The largest absolute Gasteiger partial charge is 0.461 e. The van der Waals surface area contributed by atoms with E-state index in [9.17, 15) is 4.79 Å². The standard InChI is InChI=1S/C10H13NO2/c1-8(12)13-7-10-4-2-3-9(5-10)6-11/h2-5H,6-7,11H2,1H3. The summed E-state index contributed by atoms with van der Waals surface area (Å²) in [5.74, 6) is -0.266. The second kappa shape index (κ2) is 4.62. The van der Waals surface area contributed by atoms with Crippen molar-refractivity contribution in [3.8, 4) is 0 Å². The van der Waals surface area contributed by atoms with Crippen molar-refractivity contribution in [2.75, 3.05) is 0 Å². The molecule has 0 bridgehead atoms. The number of ether oxygens (including phenoxy) is 1. The zero-order valence-corrected chi connectivity index (χ0v) is 7.62. The molecule has 0 saturated heterocycles. The first-order chi connectivity index (χ1) is 6.22. The fourth-order valence-electron chi connectivity index (χ4n) is 1.03. The number of hydrogen-bond acceptors (Lipinski definition) is 3. The summed E-state index contributed by atoms with van der Waals surface area (Å²) in [4.78, 5) is 10.5. The number of benzene rings is 1. The second-order valence-corrected chi connectivity index (χ2v) is 2.80. The summed E-state index contributed by atoms with van der Waals surface area (Å²) in [6, 6.07) is 7.68. The number of carbonyl (C=O) groups is 1. The summed E-state index contributed by atoms with van der Waals surface area (Å²) in [5.41, 5.74) is 7.48. The van der Waals surface area contributed by atoms with E-state index < -0.39 is 0 Å². The lowest BCUT2D eigenvalue weighted by molar-refractivity contribution is -0.142. The fraction of sp³-hybridized carbons (Fsp3) is 0.300. The minimum Gasteiger partial charge on any atom is -0.461 e. The molecule has 0 amide bonds.